The van der Waals surface area contributed by atoms with Crippen molar-refractivity contribution in [3.05, 3.63) is 21.4 Å². The molecular formula is C17H21ClN2S. The van der Waals surface area contributed by atoms with Crippen LogP contribution in [0.4, 0.5) is 0 Å². The lowest BCUT2D eigenvalue weighted by molar-refractivity contribution is 0.336. The predicted molar refractivity (Wildman–Crippen MR) is 89.4 cm³/mol. The summed E-state index contributed by atoms with van der Waals surface area (Å²) in [6.07, 6.45) is 10.0. The zero-order valence-corrected chi connectivity index (χ0v) is 14.1. The number of aryl methyl sites for hydroxylation is 2. The minimum Gasteiger partial charge on any atom is -0.222 e. The minimum absolute atomic E-state index is 0.509. The van der Waals surface area contributed by atoms with Crippen LogP contribution in [0, 0.1) is 5.92 Å². The summed E-state index contributed by atoms with van der Waals surface area (Å²) in [5, 5.41) is 1.86. The van der Waals surface area contributed by atoms with Crippen molar-refractivity contribution in [3.63, 3.8) is 0 Å². The van der Waals surface area contributed by atoms with Crippen LogP contribution in [0.25, 0.3) is 10.2 Å². The highest BCUT2D eigenvalue weighted by Crippen LogP contribution is 2.41. The lowest BCUT2D eigenvalue weighted by Gasteiger charge is -2.25. The Morgan fingerprint density at radius 1 is 1.10 bits per heavy atom. The smallest absolute Gasteiger partial charge is 0.141 e. The molecule has 4 heteroatoms. The van der Waals surface area contributed by atoms with E-state index in [0.717, 1.165) is 28.4 Å². The summed E-state index contributed by atoms with van der Waals surface area (Å²) < 4.78 is 0. The molecule has 2 atom stereocenters. The second-order valence-corrected chi connectivity index (χ2v) is 8.17. The van der Waals surface area contributed by atoms with E-state index in [-0.39, 0.29) is 0 Å². The fourth-order valence-electron chi connectivity index (χ4n) is 3.98. The van der Waals surface area contributed by atoms with Gasteiger partial charge < -0.3 is 0 Å². The monoisotopic (exact) mass is 320 g/mol. The molecule has 2 nitrogen and oxygen atoms in total. The van der Waals surface area contributed by atoms with Crippen molar-refractivity contribution in [1.29, 1.82) is 0 Å². The van der Waals surface area contributed by atoms with E-state index < -0.39 is 0 Å². The van der Waals surface area contributed by atoms with E-state index in [1.165, 1.54) is 55.4 Å². The van der Waals surface area contributed by atoms with E-state index >= 15 is 0 Å². The second kappa shape index (κ2) is 5.51. The maximum Gasteiger partial charge on any atom is 0.141 e. The molecule has 2 aliphatic carbocycles. The summed E-state index contributed by atoms with van der Waals surface area (Å²) in [6, 6.07) is 0. The number of nitrogens with zero attached hydrogens (tertiary/aromatic N) is 2. The summed E-state index contributed by atoms with van der Waals surface area (Å²) in [5.41, 5.74) is 1.44. The second-order valence-electron chi connectivity index (χ2n) is 6.73. The molecule has 0 spiro atoms. The molecule has 0 saturated heterocycles. The number of halogens is 1. The Morgan fingerprint density at radius 3 is 2.81 bits per heavy atom. The van der Waals surface area contributed by atoms with Crippen molar-refractivity contribution in [2.45, 2.75) is 64.2 Å². The Balaban J connectivity index is 1.78. The van der Waals surface area contributed by atoms with Gasteiger partial charge in [0.15, 0.2) is 0 Å². The number of hydrogen-bond acceptors (Lipinski definition) is 3. The van der Waals surface area contributed by atoms with Gasteiger partial charge >= 0.3 is 0 Å². The molecule has 0 amide bonds. The molecule has 2 heterocycles. The van der Waals surface area contributed by atoms with Gasteiger partial charge in [-0.2, -0.15) is 0 Å². The maximum absolute atomic E-state index is 6.55. The van der Waals surface area contributed by atoms with Crippen molar-refractivity contribution < 1.29 is 0 Å². The van der Waals surface area contributed by atoms with E-state index in [1.807, 2.05) is 11.3 Å². The third-order valence-electron chi connectivity index (χ3n) is 5.09. The summed E-state index contributed by atoms with van der Waals surface area (Å²) in [4.78, 5) is 12.3. The Kier molecular flexibility index (Phi) is 3.66. The third kappa shape index (κ3) is 2.49. The first-order valence-electron chi connectivity index (χ1n) is 8.20. The lowest BCUT2D eigenvalue weighted by atomic mass is 9.82. The molecule has 0 radical (unpaired) electrons. The normalized spacial score (nSPS) is 26.0. The third-order valence-corrected chi connectivity index (χ3v) is 6.55. The zero-order valence-electron chi connectivity index (χ0n) is 12.5. The number of fused-ring (bicyclic) bond motifs is 3. The highest BCUT2D eigenvalue weighted by atomic mass is 35.5. The Morgan fingerprint density at radius 2 is 1.95 bits per heavy atom. The molecule has 0 N–H and O–H groups in total. The largest absolute Gasteiger partial charge is 0.222 e. The summed E-state index contributed by atoms with van der Waals surface area (Å²) in [7, 11) is 0. The van der Waals surface area contributed by atoms with E-state index in [1.54, 1.807) is 0 Å². The first-order chi connectivity index (χ1) is 10.2. The van der Waals surface area contributed by atoms with Crippen LogP contribution in [0.2, 0.25) is 5.15 Å². The molecular weight excluding hydrogens is 300 g/mol. The van der Waals surface area contributed by atoms with Gasteiger partial charge in [0.1, 0.15) is 15.8 Å². The molecule has 0 bridgehead atoms. The molecule has 0 aromatic carbocycles. The van der Waals surface area contributed by atoms with Crippen LogP contribution in [0.3, 0.4) is 0 Å². The van der Waals surface area contributed by atoms with Crippen molar-refractivity contribution in [3.8, 4) is 0 Å². The van der Waals surface area contributed by atoms with E-state index in [0.29, 0.717) is 11.1 Å². The van der Waals surface area contributed by atoms with E-state index in [4.69, 9.17) is 21.6 Å². The van der Waals surface area contributed by atoms with Crippen LogP contribution >= 0.6 is 22.9 Å². The standard InChI is InChI=1S/C17H21ClN2S/c1-10-5-4-6-11(9-10)16-19-15(18)14-12-7-2-3-8-13(12)21-17(14)20-16/h10-11H,2-9H2,1H3. The van der Waals surface area contributed by atoms with Crippen molar-refractivity contribution in [1.82, 2.24) is 9.97 Å². The Hall–Kier alpha value is -0.670. The van der Waals surface area contributed by atoms with Gasteiger partial charge in [0.25, 0.3) is 0 Å². The van der Waals surface area contributed by atoms with Crippen LogP contribution in [-0.2, 0) is 12.8 Å². The molecule has 2 aliphatic rings. The predicted octanol–water partition coefficient (Wildman–Crippen LogP) is 5.52. The Labute approximate surface area is 134 Å². The molecule has 4 rings (SSSR count). The van der Waals surface area contributed by atoms with E-state index in [2.05, 4.69) is 6.92 Å². The van der Waals surface area contributed by atoms with Crippen LogP contribution in [-0.4, -0.2) is 9.97 Å². The number of thiophene rings is 1. The topological polar surface area (TPSA) is 25.8 Å². The fraction of sp³-hybridized carbons (Fsp3) is 0.647. The first kappa shape index (κ1) is 14.0. The van der Waals surface area contributed by atoms with Gasteiger partial charge in [-0.25, -0.2) is 9.97 Å². The van der Waals surface area contributed by atoms with Crippen molar-refractivity contribution >= 4 is 33.2 Å². The van der Waals surface area contributed by atoms with Gasteiger partial charge in [-0.15, -0.1) is 11.3 Å². The summed E-state index contributed by atoms with van der Waals surface area (Å²) >= 11 is 8.41. The minimum atomic E-state index is 0.509. The number of rotatable bonds is 1. The SMILES string of the molecule is CC1CCCC(c2nc(Cl)c3c4c(sc3n2)CCCC4)C1. The highest BCUT2D eigenvalue weighted by Gasteiger charge is 2.26. The van der Waals surface area contributed by atoms with Gasteiger partial charge in [0, 0.05) is 10.8 Å². The lowest BCUT2D eigenvalue weighted by Crippen LogP contribution is -2.14. The molecule has 2 aromatic heterocycles. The van der Waals surface area contributed by atoms with Crippen molar-refractivity contribution in [2.75, 3.05) is 0 Å². The molecule has 112 valence electrons. The Bertz CT molecular complexity index is 679. The average molecular weight is 321 g/mol. The summed E-state index contributed by atoms with van der Waals surface area (Å²) in [6.45, 7) is 2.34. The van der Waals surface area contributed by atoms with Crippen LogP contribution in [0.1, 0.15) is 67.6 Å². The van der Waals surface area contributed by atoms with Gasteiger partial charge in [0.05, 0.1) is 5.39 Å². The van der Waals surface area contributed by atoms with Crippen LogP contribution in [0.15, 0.2) is 0 Å². The highest BCUT2D eigenvalue weighted by molar-refractivity contribution is 7.19. The van der Waals surface area contributed by atoms with E-state index in [9.17, 15) is 0 Å². The first-order valence-corrected chi connectivity index (χ1v) is 9.39. The van der Waals surface area contributed by atoms with Crippen molar-refractivity contribution in [2.24, 2.45) is 5.92 Å². The number of aromatic nitrogens is 2. The summed E-state index contributed by atoms with van der Waals surface area (Å²) in [5.74, 6) is 2.30. The van der Waals surface area contributed by atoms with Crippen LogP contribution < -0.4 is 0 Å². The van der Waals surface area contributed by atoms with Gasteiger partial charge in [-0.1, -0.05) is 31.4 Å². The maximum atomic E-state index is 6.55. The average Bonchev–Trinajstić information content (AvgIpc) is 2.86. The molecule has 0 aliphatic heterocycles. The van der Waals surface area contributed by atoms with Gasteiger partial charge in [0.2, 0.25) is 0 Å². The molecule has 21 heavy (non-hydrogen) atoms. The van der Waals surface area contributed by atoms with Crippen LogP contribution in [0.5, 0.6) is 0 Å². The molecule has 1 saturated carbocycles. The molecule has 2 aromatic rings. The van der Waals surface area contributed by atoms with Gasteiger partial charge in [-0.3, -0.25) is 0 Å². The number of hydrogen-bond donors (Lipinski definition) is 0. The quantitative estimate of drug-likeness (QED) is 0.647. The van der Waals surface area contributed by atoms with Gasteiger partial charge in [-0.05, 0) is 50.0 Å². The fourth-order valence-corrected chi connectivity index (χ4v) is 5.59. The molecule has 1 fully saturated rings. The zero-order chi connectivity index (χ0) is 14.4. The molecule has 2 unspecified atom stereocenters.